The van der Waals surface area contributed by atoms with E-state index < -0.39 is 78.2 Å². The van der Waals surface area contributed by atoms with Gasteiger partial charge in [0.2, 0.25) is 35.4 Å². The van der Waals surface area contributed by atoms with Crippen LogP contribution >= 0.6 is 0 Å². The molecule has 0 unspecified atom stereocenters. The average Bonchev–Trinajstić information content (AvgIpc) is 3.14. The van der Waals surface area contributed by atoms with Gasteiger partial charge in [0.15, 0.2) is 0 Å². The molecule has 17 heteroatoms. The number of phenolic OH excluding ortho intramolecular Hbond substituents is 1. The summed E-state index contributed by atoms with van der Waals surface area (Å²) in [5, 5.41) is 22.0. The van der Waals surface area contributed by atoms with Crippen LogP contribution in [0.1, 0.15) is 30.5 Å². The molecular formula is C37H46N8O9. The number of phenols is 1. The predicted molar refractivity (Wildman–Crippen MR) is 196 cm³/mol. The number of aromatic hydroxyl groups is 1. The molecule has 0 bridgehead atoms. The number of carbonyl (C=O) groups excluding carboxylic acids is 7. The van der Waals surface area contributed by atoms with Crippen molar-refractivity contribution < 1.29 is 43.4 Å². The molecule has 0 aromatic heterocycles. The van der Waals surface area contributed by atoms with Crippen LogP contribution in [0, 0.1) is 0 Å². The average molecular weight is 747 g/mol. The molecule has 12 N–H and O–H groups in total. The first-order valence-electron chi connectivity index (χ1n) is 17.0. The lowest BCUT2D eigenvalue weighted by Crippen LogP contribution is -2.53. The van der Waals surface area contributed by atoms with Gasteiger partial charge >= 0.3 is 5.97 Å². The highest BCUT2D eigenvalue weighted by Gasteiger charge is 2.27. The molecule has 3 rings (SSSR count). The highest BCUT2D eigenvalue weighted by molar-refractivity contribution is 5.93. The molecule has 0 saturated heterocycles. The predicted octanol–water partition coefficient (Wildman–Crippen LogP) is -1.81. The van der Waals surface area contributed by atoms with Crippen LogP contribution in [0.25, 0.3) is 0 Å². The lowest BCUT2D eigenvalue weighted by Gasteiger charge is -2.21. The zero-order valence-electron chi connectivity index (χ0n) is 29.9. The van der Waals surface area contributed by atoms with Gasteiger partial charge in [0.25, 0.3) is 0 Å². The van der Waals surface area contributed by atoms with Gasteiger partial charge in [-0.1, -0.05) is 54.6 Å². The lowest BCUT2D eigenvalue weighted by atomic mass is 10.0. The number of carbonyl (C=O) groups is 7. The molecule has 17 nitrogen and oxygen atoms in total. The van der Waals surface area contributed by atoms with Crippen LogP contribution in [0.15, 0.2) is 78.9 Å². The van der Waals surface area contributed by atoms with E-state index in [9.17, 15) is 38.7 Å². The van der Waals surface area contributed by atoms with E-state index in [1.165, 1.54) is 38.1 Å². The minimum atomic E-state index is -1.17. The van der Waals surface area contributed by atoms with Crippen LogP contribution < -0.4 is 48.5 Å². The monoisotopic (exact) mass is 746 g/mol. The van der Waals surface area contributed by atoms with Crippen molar-refractivity contribution in [3.8, 4) is 11.5 Å². The van der Waals surface area contributed by atoms with Crippen molar-refractivity contribution in [2.75, 3.05) is 13.1 Å². The lowest BCUT2D eigenvalue weighted by molar-refractivity contribution is -0.139. The van der Waals surface area contributed by atoms with Crippen molar-refractivity contribution in [2.24, 2.45) is 17.2 Å². The molecule has 0 fully saturated rings. The Hall–Kier alpha value is -6.33. The second-order valence-corrected chi connectivity index (χ2v) is 12.5. The molecule has 0 aliphatic rings. The summed E-state index contributed by atoms with van der Waals surface area (Å²) in [4.78, 5) is 87.2. The van der Waals surface area contributed by atoms with Crippen molar-refractivity contribution in [1.29, 1.82) is 0 Å². The largest absolute Gasteiger partial charge is 0.508 e. The summed E-state index contributed by atoms with van der Waals surface area (Å²) in [6.07, 6.45) is 0.242. The summed E-state index contributed by atoms with van der Waals surface area (Å²) in [5.41, 5.74) is 18.8. The number of hydrogen-bond acceptors (Lipinski definition) is 11. The van der Waals surface area contributed by atoms with Crippen LogP contribution in [-0.2, 0) is 52.8 Å². The fraction of sp³-hybridized carbons (Fsp3) is 0.324. The van der Waals surface area contributed by atoms with Crippen molar-refractivity contribution >= 4 is 41.4 Å². The first-order chi connectivity index (χ1) is 25.6. The van der Waals surface area contributed by atoms with Gasteiger partial charge in [-0.2, -0.15) is 0 Å². The van der Waals surface area contributed by atoms with Crippen LogP contribution in [0.5, 0.6) is 11.5 Å². The second kappa shape index (κ2) is 20.6. The summed E-state index contributed by atoms with van der Waals surface area (Å²) in [5.74, 6) is -4.53. The molecule has 0 heterocycles. The molecule has 54 heavy (non-hydrogen) atoms. The zero-order valence-corrected chi connectivity index (χ0v) is 29.9. The fourth-order valence-electron chi connectivity index (χ4n) is 4.98. The van der Waals surface area contributed by atoms with Crippen molar-refractivity contribution in [3.63, 3.8) is 0 Å². The fourth-order valence-corrected chi connectivity index (χ4v) is 4.98. The maximum Gasteiger partial charge on any atom is 0.334 e. The molecule has 6 amide bonds. The van der Waals surface area contributed by atoms with Gasteiger partial charge in [-0.15, -0.1) is 0 Å². The summed E-state index contributed by atoms with van der Waals surface area (Å²) < 4.78 is 5.52. The van der Waals surface area contributed by atoms with Crippen molar-refractivity contribution in [3.05, 3.63) is 95.6 Å². The van der Waals surface area contributed by atoms with Gasteiger partial charge in [0.1, 0.15) is 35.7 Å². The summed E-state index contributed by atoms with van der Waals surface area (Å²) in [7, 11) is 0. The normalized spacial score (nSPS) is 13.5. The first kappa shape index (κ1) is 42.1. The Labute approximate surface area is 311 Å². The Balaban J connectivity index is 1.51. The smallest absolute Gasteiger partial charge is 0.334 e. The number of ether oxygens (including phenoxy) is 1. The van der Waals surface area contributed by atoms with Gasteiger partial charge in [-0.25, -0.2) is 4.79 Å². The summed E-state index contributed by atoms with van der Waals surface area (Å²) in [6.45, 7) is 2.06. The Morgan fingerprint density at radius 2 is 1.20 bits per heavy atom. The Bertz CT molecular complexity index is 1770. The highest BCUT2D eigenvalue weighted by Crippen LogP contribution is 2.16. The molecular weight excluding hydrogens is 700 g/mol. The third kappa shape index (κ3) is 14.0. The topological polar surface area (TPSA) is 287 Å². The van der Waals surface area contributed by atoms with Gasteiger partial charge in [-0.05, 0) is 61.2 Å². The van der Waals surface area contributed by atoms with Crippen LogP contribution in [-0.4, -0.2) is 89.8 Å². The van der Waals surface area contributed by atoms with E-state index in [1.807, 2.05) is 6.07 Å². The highest BCUT2D eigenvalue weighted by atomic mass is 16.5. The molecule has 0 spiro atoms. The third-order valence-corrected chi connectivity index (χ3v) is 8.00. The number of rotatable bonds is 19. The molecule has 5 atom stereocenters. The number of amides is 6. The number of esters is 1. The van der Waals surface area contributed by atoms with E-state index in [-0.39, 0.29) is 37.3 Å². The van der Waals surface area contributed by atoms with E-state index in [4.69, 9.17) is 21.9 Å². The SMILES string of the molecule is C[C@H](NC(=O)CN)C(=O)N[C@@H](Cc1ccc(O)cc1)C(=O)Oc1ccc(C[C@H](N)C(=O)N[C@@H](C)C(=O)NCC(=O)N[C@@H](Cc2ccccc2)C(N)=O)cc1. The van der Waals surface area contributed by atoms with E-state index in [2.05, 4.69) is 26.6 Å². The maximum absolute atomic E-state index is 13.2. The minimum Gasteiger partial charge on any atom is -0.508 e. The minimum absolute atomic E-state index is 0.0125. The third-order valence-electron chi connectivity index (χ3n) is 8.00. The van der Waals surface area contributed by atoms with Gasteiger partial charge in [0.05, 0.1) is 19.1 Å². The van der Waals surface area contributed by atoms with Crippen LogP contribution in [0.3, 0.4) is 0 Å². The molecule has 0 saturated carbocycles. The van der Waals surface area contributed by atoms with E-state index in [0.717, 1.165) is 5.56 Å². The molecule has 288 valence electrons. The van der Waals surface area contributed by atoms with Gasteiger partial charge in [0, 0.05) is 12.8 Å². The molecule has 3 aromatic carbocycles. The number of nitrogens with two attached hydrogens (primary N) is 3. The number of nitrogens with one attached hydrogen (secondary N) is 5. The molecule has 0 aliphatic carbocycles. The molecule has 3 aromatic rings. The maximum atomic E-state index is 13.2. The number of benzene rings is 3. The van der Waals surface area contributed by atoms with Crippen LogP contribution in [0.2, 0.25) is 0 Å². The van der Waals surface area contributed by atoms with E-state index in [0.29, 0.717) is 11.1 Å². The van der Waals surface area contributed by atoms with E-state index in [1.54, 1.807) is 48.5 Å². The van der Waals surface area contributed by atoms with Gasteiger partial charge in [-0.3, -0.25) is 28.8 Å². The summed E-state index contributed by atoms with van der Waals surface area (Å²) in [6, 6.07) is 15.8. The Kier molecular flexibility index (Phi) is 16.1. The van der Waals surface area contributed by atoms with E-state index >= 15 is 0 Å². The van der Waals surface area contributed by atoms with Crippen molar-refractivity contribution in [1.82, 2.24) is 26.6 Å². The number of primary amides is 1. The quantitative estimate of drug-likeness (QED) is 0.0487. The standard InChI is InChI=1S/C37H46N8O9/c1-21(34(50)41-20-32(48)44-29(33(40)49)17-23-6-4-3-5-7-23)43-36(52)28(39)16-24-10-14-27(15-11-24)54-37(53)30(18-25-8-12-26(46)13-9-25)45-35(51)22(2)42-31(47)19-38/h3-15,21-22,28-30,46H,16-20,38-39H2,1-2H3,(H2,40,49)(H,41,50)(H,42,47)(H,43,52)(H,44,48)(H,45,51)/t21-,22-,28-,29-,30-/m0/s1. The Morgan fingerprint density at radius 1 is 0.648 bits per heavy atom. The van der Waals surface area contributed by atoms with Crippen molar-refractivity contribution in [2.45, 2.75) is 63.3 Å². The number of hydrogen-bond donors (Lipinski definition) is 9. The Morgan fingerprint density at radius 3 is 1.81 bits per heavy atom. The van der Waals surface area contributed by atoms with Gasteiger partial charge < -0.3 is 53.6 Å². The van der Waals surface area contributed by atoms with Crippen LogP contribution in [0.4, 0.5) is 0 Å². The summed E-state index contributed by atoms with van der Waals surface area (Å²) >= 11 is 0. The first-order valence-corrected chi connectivity index (χ1v) is 17.0. The second-order valence-electron chi connectivity index (χ2n) is 12.5. The molecule has 0 aliphatic heterocycles. The zero-order chi connectivity index (χ0) is 39.8. The molecule has 0 radical (unpaired) electrons.